The lowest BCUT2D eigenvalue weighted by atomic mass is 10.1. The Labute approximate surface area is 94.2 Å². The maximum absolute atomic E-state index is 5.00. The molecule has 0 saturated carbocycles. The molecule has 0 radical (unpaired) electrons. The number of nitrogens with one attached hydrogen (secondary N) is 1. The van der Waals surface area contributed by atoms with Gasteiger partial charge in [-0.1, -0.05) is 25.7 Å². The number of thiol groups is 1. The third-order valence-corrected chi connectivity index (χ3v) is 2.46. The van der Waals surface area contributed by atoms with Gasteiger partial charge >= 0.3 is 0 Å². The fourth-order valence-corrected chi connectivity index (χ4v) is 1.57. The Hall–Kier alpha value is 0.270. The predicted octanol–water partition coefficient (Wildman–Crippen LogP) is 2.49. The normalized spacial score (nSPS) is 10.7. The predicted molar refractivity (Wildman–Crippen MR) is 66.3 cm³/mol. The molecule has 2 nitrogen and oxygen atoms in total. The van der Waals surface area contributed by atoms with Crippen LogP contribution in [-0.4, -0.2) is 32.6 Å². The van der Waals surface area contributed by atoms with E-state index in [1.165, 1.54) is 38.5 Å². The van der Waals surface area contributed by atoms with Crippen LogP contribution in [0.3, 0.4) is 0 Å². The number of unbranched alkanes of at least 4 members (excludes halogenated alkanes) is 5. The molecular formula is C11H25NOS. The van der Waals surface area contributed by atoms with Gasteiger partial charge in [0.25, 0.3) is 0 Å². The van der Waals surface area contributed by atoms with Gasteiger partial charge in [0.15, 0.2) is 0 Å². The zero-order chi connectivity index (χ0) is 10.5. The van der Waals surface area contributed by atoms with E-state index in [1.54, 1.807) is 7.11 Å². The highest BCUT2D eigenvalue weighted by molar-refractivity contribution is 7.80. The summed E-state index contributed by atoms with van der Waals surface area (Å²) in [6, 6.07) is 0. The molecule has 0 aromatic carbocycles. The first kappa shape index (κ1) is 14.3. The van der Waals surface area contributed by atoms with Gasteiger partial charge < -0.3 is 10.1 Å². The van der Waals surface area contributed by atoms with E-state index in [2.05, 4.69) is 17.9 Å². The number of ether oxygens (including phenoxy) is 1. The lowest BCUT2D eigenvalue weighted by molar-refractivity contribution is 0.192. The zero-order valence-electron chi connectivity index (χ0n) is 9.43. The van der Waals surface area contributed by atoms with Crippen LogP contribution in [0.5, 0.6) is 0 Å². The molecule has 0 bridgehead atoms. The molecule has 0 heterocycles. The van der Waals surface area contributed by atoms with Gasteiger partial charge in [-0.25, -0.2) is 0 Å². The summed E-state index contributed by atoms with van der Waals surface area (Å²) in [6.07, 6.45) is 7.92. The van der Waals surface area contributed by atoms with E-state index in [0.29, 0.717) is 0 Å². The number of rotatable bonds is 11. The molecule has 0 aliphatic rings. The largest absolute Gasteiger partial charge is 0.385 e. The Balaban J connectivity index is 2.78. The molecule has 86 valence electrons. The monoisotopic (exact) mass is 219 g/mol. The van der Waals surface area contributed by atoms with Crippen LogP contribution in [-0.2, 0) is 4.74 Å². The smallest absolute Gasteiger partial charge is 0.0462 e. The molecule has 3 heteroatoms. The molecule has 0 unspecified atom stereocenters. The second kappa shape index (κ2) is 13.3. The van der Waals surface area contributed by atoms with Gasteiger partial charge in [0.1, 0.15) is 0 Å². The molecule has 0 aromatic heterocycles. The molecule has 0 aliphatic carbocycles. The summed E-state index contributed by atoms with van der Waals surface area (Å²) in [5.41, 5.74) is 0. The van der Waals surface area contributed by atoms with Gasteiger partial charge in [0.2, 0.25) is 0 Å². The van der Waals surface area contributed by atoms with Crippen molar-refractivity contribution < 1.29 is 4.74 Å². The molecule has 0 aliphatic heterocycles. The fourth-order valence-electron chi connectivity index (χ4n) is 1.41. The van der Waals surface area contributed by atoms with E-state index in [0.717, 1.165) is 25.4 Å². The molecule has 0 atom stereocenters. The molecule has 14 heavy (non-hydrogen) atoms. The van der Waals surface area contributed by atoms with Crippen LogP contribution in [0, 0.1) is 0 Å². The van der Waals surface area contributed by atoms with Crippen LogP contribution in [0.1, 0.15) is 38.5 Å². The first-order valence-electron chi connectivity index (χ1n) is 5.72. The van der Waals surface area contributed by atoms with E-state index in [9.17, 15) is 0 Å². The lowest BCUT2D eigenvalue weighted by Crippen LogP contribution is -2.17. The lowest BCUT2D eigenvalue weighted by Gasteiger charge is -2.03. The third-order valence-electron chi connectivity index (χ3n) is 2.24. The van der Waals surface area contributed by atoms with Gasteiger partial charge in [0, 0.05) is 26.0 Å². The summed E-state index contributed by atoms with van der Waals surface area (Å²) in [6.45, 7) is 3.11. The van der Waals surface area contributed by atoms with Crippen LogP contribution in [0.4, 0.5) is 0 Å². The summed E-state index contributed by atoms with van der Waals surface area (Å²) in [7, 11) is 1.77. The SMILES string of the molecule is COCCCCCCCCNCCS. The maximum atomic E-state index is 5.00. The average Bonchev–Trinajstić information content (AvgIpc) is 2.21. The number of hydrogen-bond donors (Lipinski definition) is 2. The first-order valence-corrected chi connectivity index (χ1v) is 6.35. The van der Waals surface area contributed by atoms with Crippen molar-refractivity contribution in [1.82, 2.24) is 5.32 Å². The summed E-state index contributed by atoms with van der Waals surface area (Å²) in [5, 5.41) is 3.35. The van der Waals surface area contributed by atoms with Gasteiger partial charge in [0.05, 0.1) is 0 Å². The molecular weight excluding hydrogens is 194 g/mol. The quantitative estimate of drug-likeness (QED) is 0.411. The molecule has 0 fully saturated rings. The Morgan fingerprint density at radius 3 is 2.21 bits per heavy atom. The van der Waals surface area contributed by atoms with Crippen molar-refractivity contribution in [3.05, 3.63) is 0 Å². The minimum absolute atomic E-state index is 0.920. The number of methoxy groups -OCH3 is 1. The molecule has 0 spiro atoms. The second-order valence-electron chi connectivity index (χ2n) is 3.59. The van der Waals surface area contributed by atoms with Crippen LogP contribution >= 0.6 is 12.6 Å². The fraction of sp³-hybridized carbons (Fsp3) is 1.00. The molecule has 0 amide bonds. The Bertz CT molecular complexity index is 89.3. The Kier molecular flexibility index (Phi) is 13.5. The minimum atomic E-state index is 0.920. The van der Waals surface area contributed by atoms with Crippen molar-refractivity contribution in [2.24, 2.45) is 0 Å². The third kappa shape index (κ3) is 12.3. The summed E-state index contributed by atoms with van der Waals surface area (Å²) in [4.78, 5) is 0. The van der Waals surface area contributed by atoms with Crippen molar-refractivity contribution in [2.45, 2.75) is 38.5 Å². The van der Waals surface area contributed by atoms with E-state index in [-0.39, 0.29) is 0 Å². The molecule has 0 rings (SSSR count). The van der Waals surface area contributed by atoms with Gasteiger partial charge in [-0.15, -0.1) is 0 Å². The van der Waals surface area contributed by atoms with Crippen molar-refractivity contribution in [3.63, 3.8) is 0 Å². The van der Waals surface area contributed by atoms with Gasteiger partial charge in [-0.3, -0.25) is 0 Å². The van der Waals surface area contributed by atoms with Gasteiger partial charge in [-0.05, 0) is 19.4 Å². The van der Waals surface area contributed by atoms with Crippen LogP contribution in [0.2, 0.25) is 0 Å². The minimum Gasteiger partial charge on any atom is -0.385 e. The zero-order valence-corrected chi connectivity index (χ0v) is 10.3. The van der Waals surface area contributed by atoms with Crippen LogP contribution in [0.15, 0.2) is 0 Å². The van der Waals surface area contributed by atoms with Gasteiger partial charge in [-0.2, -0.15) is 12.6 Å². The standard InChI is InChI=1S/C11H25NOS/c1-13-10-7-5-3-2-4-6-8-12-9-11-14/h12,14H,2-11H2,1H3. The van der Waals surface area contributed by atoms with E-state index >= 15 is 0 Å². The highest BCUT2D eigenvalue weighted by Crippen LogP contribution is 2.04. The van der Waals surface area contributed by atoms with Crippen molar-refractivity contribution >= 4 is 12.6 Å². The highest BCUT2D eigenvalue weighted by atomic mass is 32.1. The molecule has 0 saturated heterocycles. The second-order valence-corrected chi connectivity index (χ2v) is 4.03. The van der Waals surface area contributed by atoms with Crippen molar-refractivity contribution in [2.75, 3.05) is 32.6 Å². The maximum Gasteiger partial charge on any atom is 0.0462 e. The molecule has 1 N–H and O–H groups in total. The topological polar surface area (TPSA) is 21.3 Å². The summed E-state index contributed by atoms with van der Waals surface area (Å²) < 4.78 is 5.00. The Morgan fingerprint density at radius 1 is 0.929 bits per heavy atom. The molecule has 0 aromatic rings. The van der Waals surface area contributed by atoms with E-state index in [1.807, 2.05) is 0 Å². The highest BCUT2D eigenvalue weighted by Gasteiger charge is 1.91. The van der Waals surface area contributed by atoms with E-state index < -0.39 is 0 Å². The average molecular weight is 219 g/mol. The Morgan fingerprint density at radius 2 is 1.57 bits per heavy atom. The van der Waals surface area contributed by atoms with Crippen molar-refractivity contribution in [3.8, 4) is 0 Å². The van der Waals surface area contributed by atoms with Crippen molar-refractivity contribution in [1.29, 1.82) is 0 Å². The first-order chi connectivity index (χ1) is 6.91. The summed E-state index contributed by atoms with van der Waals surface area (Å²) in [5.74, 6) is 0.941. The number of hydrogen-bond acceptors (Lipinski definition) is 3. The van der Waals surface area contributed by atoms with E-state index in [4.69, 9.17) is 4.74 Å². The van der Waals surface area contributed by atoms with Crippen LogP contribution < -0.4 is 5.32 Å². The van der Waals surface area contributed by atoms with Crippen LogP contribution in [0.25, 0.3) is 0 Å². The summed E-state index contributed by atoms with van der Waals surface area (Å²) >= 11 is 4.14.